The summed E-state index contributed by atoms with van der Waals surface area (Å²) in [5, 5.41) is 6.05. The van der Waals surface area contributed by atoms with E-state index in [0.717, 1.165) is 12.1 Å². The van der Waals surface area contributed by atoms with E-state index in [1.165, 1.54) is 0 Å². The van der Waals surface area contributed by atoms with Crippen molar-refractivity contribution < 1.29 is 4.79 Å². The van der Waals surface area contributed by atoms with E-state index in [-0.39, 0.29) is 11.4 Å². The van der Waals surface area contributed by atoms with Crippen LogP contribution in [-0.4, -0.2) is 18.0 Å². The topological polar surface area (TPSA) is 41.1 Å². The van der Waals surface area contributed by atoms with E-state index in [1.807, 2.05) is 44.2 Å². The number of hydrogen-bond donors (Lipinski definition) is 2. The van der Waals surface area contributed by atoms with E-state index >= 15 is 0 Å². The van der Waals surface area contributed by atoms with Crippen LogP contribution < -0.4 is 10.6 Å². The van der Waals surface area contributed by atoms with Gasteiger partial charge in [-0.15, -0.1) is 0 Å². The molecule has 0 aliphatic heterocycles. The van der Waals surface area contributed by atoms with Gasteiger partial charge in [-0.25, -0.2) is 0 Å². The van der Waals surface area contributed by atoms with E-state index in [9.17, 15) is 4.79 Å². The molecule has 1 rings (SSSR count). The summed E-state index contributed by atoms with van der Waals surface area (Å²) in [6.07, 6.45) is 0.921. The van der Waals surface area contributed by atoms with E-state index in [2.05, 4.69) is 17.6 Å². The molecule has 1 aromatic carbocycles. The van der Waals surface area contributed by atoms with Crippen LogP contribution in [0.5, 0.6) is 0 Å². The molecule has 3 nitrogen and oxygen atoms in total. The number of nitrogens with one attached hydrogen (secondary N) is 2. The first kappa shape index (κ1) is 12.6. The molecule has 0 unspecified atom stereocenters. The normalized spacial score (nSPS) is 10.9. The molecule has 1 amide bonds. The third-order valence-electron chi connectivity index (χ3n) is 2.59. The SMILES string of the molecule is CCC(C)(C)NC(=O)CNc1ccccc1. The zero-order valence-corrected chi connectivity index (χ0v) is 10.2. The van der Waals surface area contributed by atoms with Gasteiger partial charge in [0.05, 0.1) is 6.54 Å². The van der Waals surface area contributed by atoms with Crippen LogP contribution in [0, 0.1) is 0 Å². The Morgan fingerprint density at radius 2 is 1.88 bits per heavy atom. The highest BCUT2D eigenvalue weighted by Crippen LogP contribution is 2.07. The van der Waals surface area contributed by atoms with Gasteiger partial charge in [-0.05, 0) is 32.4 Å². The molecule has 1 aromatic rings. The molecule has 0 aromatic heterocycles. The molecule has 0 fully saturated rings. The highest BCUT2D eigenvalue weighted by molar-refractivity contribution is 5.81. The molecule has 0 bridgehead atoms. The van der Waals surface area contributed by atoms with E-state index in [0.29, 0.717) is 6.54 Å². The highest BCUT2D eigenvalue weighted by atomic mass is 16.2. The van der Waals surface area contributed by atoms with Gasteiger partial charge in [-0.2, -0.15) is 0 Å². The quantitative estimate of drug-likeness (QED) is 0.800. The van der Waals surface area contributed by atoms with Gasteiger partial charge in [0.1, 0.15) is 0 Å². The smallest absolute Gasteiger partial charge is 0.239 e. The maximum atomic E-state index is 11.6. The van der Waals surface area contributed by atoms with Crippen molar-refractivity contribution in [3.63, 3.8) is 0 Å². The zero-order valence-electron chi connectivity index (χ0n) is 10.2. The minimum absolute atomic E-state index is 0.0238. The number of hydrogen-bond acceptors (Lipinski definition) is 2. The van der Waals surface area contributed by atoms with Gasteiger partial charge in [-0.3, -0.25) is 4.79 Å². The van der Waals surface area contributed by atoms with Crippen molar-refractivity contribution in [3.05, 3.63) is 30.3 Å². The van der Waals surface area contributed by atoms with Gasteiger partial charge in [0.2, 0.25) is 5.91 Å². The van der Waals surface area contributed by atoms with Crippen LogP contribution in [0.3, 0.4) is 0 Å². The Morgan fingerprint density at radius 1 is 1.25 bits per heavy atom. The predicted molar refractivity (Wildman–Crippen MR) is 67.4 cm³/mol. The summed E-state index contributed by atoms with van der Waals surface area (Å²) in [7, 11) is 0. The Morgan fingerprint density at radius 3 is 2.44 bits per heavy atom. The number of para-hydroxylation sites is 1. The van der Waals surface area contributed by atoms with Crippen molar-refractivity contribution in [3.8, 4) is 0 Å². The number of amides is 1. The van der Waals surface area contributed by atoms with E-state index in [1.54, 1.807) is 0 Å². The van der Waals surface area contributed by atoms with E-state index < -0.39 is 0 Å². The second-order valence-electron chi connectivity index (χ2n) is 4.51. The monoisotopic (exact) mass is 220 g/mol. The zero-order chi connectivity index (χ0) is 12.0. The van der Waals surface area contributed by atoms with Gasteiger partial charge < -0.3 is 10.6 Å². The summed E-state index contributed by atoms with van der Waals surface area (Å²) in [5.41, 5.74) is 0.835. The lowest BCUT2D eigenvalue weighted by atomic mass is 10.0. The summed E-state index contributed by atoms with van der Waals surface area (Å²) in [6.45, 7) is 6.42. The molecule has 2 N–H and O–H groups in total. The van der Waals surface area contributed by atoms with Crippen molar-refractivity contribution in [1.29, 1.82) is 0 Å². The average molecular weight is 220 g/mol. The number of rotatable bonds is 5. The van der Waals surface area contributed by atoms with Crippen LogP contribution in [0.2, 0.25) is 0 Å². The summed E-state index contributed by atoms with van der Waals surface area (Å²) in [4.78, 5) is 11.6. The Balaban J connectivity index is 2.36. The second-order valence-corrected chi connectivity index (χ2v) is 4.51. The standard InChI is InChI=1S/C13H20N2O/c1-4-13(2,3)15-12(16)10-14-11-8-6-5-7-9-11/h5-9,14H,4,10H2,1-3H3,(H,15,16). The van der Waals surface area contributed by atoms with Crippen LogP contribution in [-0.2, 0) is 4.79 Å². The Labute approximate surface area is 97.2 Å². The molecular formula is C13H20N2O. The minimum Gasteiger partial charge on any atom is -0.376 e. The lowest BCUT2D eigenvalue weighted by Gasteiger charge is -2.24. The molecule has 0 atom stereocenters. The first-order chi connectivity index (χ1) is 7.53. The molecule has 0 saturated carbocycles. The Hall–Kier alpha value is -1.51. The molecule has 3 heteroatoms. The van der Waals surface area contributed by atoms with Crippen molar-refractivity contribution >= 4 is 11.6 Å². The van der Waals surface area contributed by atoms with Crippen molar-refractivity contribution in [2.24, 2.45) is 0 Å². The molecular weight excluding hydrogens is 200 g/mol. The van der Waals surface area contributed by atoms with Crippen LogP contribution in [0.25, 0.3) is 0 Å². The van der Waals surface area contributed by atoms with Gasteiger partial charge in [-0.1, -0.05) is 25.1 Å². The van der Waals surface area contributed by atoms with Gasteiger partial charge in [0.15, 0.2) is 0 Å². The molecule has 0 heterocycles. The van der Waals surface area contributed by atoms with Gasteiger partial charge in [0.25, 0.3) is 0 Å². The first-order valence-electron chi connectivity index (χ1n) is 5.63. The number of carbonyl (C=O) groups excluding carboxylic acids is 1. The lowest BCUT2D eigenvalue weighted by molar-refractivity contribution is -0.121. The van der Waals surface area contributed by atoms with Crippen LogP contribution in [0.4, 0.5) is 5.69 Å². The number of benzene rings is 1. The van der Waals surface area contributed by atoms with E-state index in [4.69, 9.17) is 0 Å². The maximum absolute atomic E-state index is 11.6. The molecule has 0 spiro atoms. The predicted octanol–water partition coefficient (Wildman–Crippen LogP) is 2.40. The van der Waals surface area contributed by atoms with Gasteiger partial charge in [0, 0.05) is 11.2 Å². The van der Waals surface area contributed by atoms with Crippen LogP contribution in [0.15, 0.2) is 30.3 Å². The maximum Gasteiger partial charge on any atom is 0.239 e. The Bertz CT molecular complexity index is 333. The lowest BCUT2D eigenvalue weighted by Crippen LogP contribution is -2.45. The van der Waals surface area contributed by atoms with Crippen molar-refractivity contribution in [2.75, 3.05) is 11.9 Å². The van der Waals surface area contributed by atoms with Crippen LogP contribution >= 0.6 is 0 Å². The second kappa shape index (κ2) is 5.54. The number of carbonyl (C=O) groups is 1. The summed E-state index contributed by atoms with van der Waals surface area (Å²) in [6, 6.07) is 9.72. The molecule has 0 aliphatic carbocycles. The third-order valence-corrected chi connectivity index (χ3v) is 2.59. The first-order valence-corrected chi connectivity index (χ1v) is 5.63. The van der Waals surface area contributed by atoms with Crippen molar-refractivity contribution in [2.45, 2.75) is 32.7 Å². The average Bonchev–Trinajstić information content (AvgIpc) is 2.27. The third kappa shape index (κ3) is 4.34. The molecule has 0 radical (unpaired) electrons. The largest absolute Gasteiger partial charge is 0.376 e. The van der Waals surface area contributed by atoms with Crippen molar-refractivity contribution in [1.82, 2.24) is 5.32 Å². The van der Waals surface area contributed by atoms with Crippen LogP contribution in [0.1, 0.15) is 27.2 Å². The fourth-order valence-electron chi connectivity index (χ4n) is 1.25. The van der Waals surface area contributed by atoms with Gasteiger partial charge >= 0.3 is 0 Å². The summed E-state index contributed by atoms with van der Waals surface area (Å²) in [5.74, 6) is 0.0238. The molecule has 0 saturated heterocycles. The highest BCUT2D eigenvalue weighted by Gasteiger charge is 2.17. The summed E-state index contributed by atoms with van der Waals surface area (Å²) >= 11 is 0. The minimum atomic E-state index is -0.130. The fraction of sp³-hybridized carbons (Fsp3) is 0.462. The molecule has 0 aliphatic rings. The molecule has 88 valence electrons. The summed E-state index contributed by atoms with van der Waals surface area (Å²) < 4.78 is 0. The number of anilines is 1. The fourth-order valence-corrected chi connectivity index (χ4v) is 1.25. The Kier molecular flexibility index (Phi) is 4.35. The molecule has 16 heavy (non-hydrogen) atoms.